The van der Waals surface area contributed by atoms with E-state index in [9.17, 15) is 18.0 Å². The average Bonchev–Trinajstić information content (AvgIpc) is 3.00. The summed E-state index contributed by atoms with van der Waals surface area (Å²) in [5.74, 6) is 0.854. The molecule has 2 saturated heterocycles. The third-order valence-corrected chi connectivity index (χ3v) is 4.55. The van der Waals surface area contributed by atoms with Crippen LogP contribution in [0.2, 0.25) is 0 Å². The van der Waals surface area contributed by atoms with Crippen molar-refractivity contribution in [2.45, 2.75) is 12.8 Å². The second-order valence-corrected chi connectivity index (χ2v) is 6.20. The molecule has 2 atom stereocenters. The molecular weight excluding hydrogens is 321 g/mol. The Balaban J connectivity index is 1.56. The van der Waals surface area contributed by atoms with E-state index in [4.69, 9.17) is 0 Å². The predicted octanol–water partition coefficient (Wildman–Crippen LogP) is 2.67. The maximum Gasteiger partial charge on any atom is 0.573 e. The zero-order chi connectivity index (χ0) is 17.2. The molecule has 0 aliphatic carbocycles. The summed E-state index contributed by atoms with van der Waals surface area (Å²) < 4.78 is 40.1. The van der Waals surface area contributed by atoms with Crippen molar-refractivity contribution in [2.24, 2.45) is 11.8 Å². The molecule has 0 aromatic heterocycles. The fourth-order valence-corrected chi connectivity index (χ4v) is 3.29. The number of ether oxygens (including phenoxy) is 1. The lowest BCUT2D eigenvalue weighted by atomic mass is 9.88. The van der Waals surface area contributed by atoms with E-state index >= 15 is 0 Å². The minimum absolute atomic E-state index is 0.0593. The number of rotatable bonds is 3. The fraction of sp³-hybridized carbons (Fsp3) is 0.471. The van der Waals surface area contributed by atoms with Gasteiger partial charge in [0.1, 0.15) is 5.75 Å². The summed E-state index contributed by atoms with van der Waals surface area (Å²) in [6, 6.07) is 5.43. The smallest absolute Gasteiger partial charge is 0.406 e. The van der Waals surface area contributed by atoms with Gasteiger partial charge in [0.15, 0.2) is 0 Å². The second-order valence-electron chi connectivity index (χ2n) is 6.20. The molecule has 1 N–H and O–H groups in total. The zero-order valence-corrected chi connectivity index (χ0v) is 13.1. The van der Waals surface area contributed by atoms with Gasteiger partial charge >= 0.3 is 6.36 Å². The fourth-order valence-electron chi connectivity index (χ4n) is 3.29. The molecule has 2 heterocycles. The number of amides is 1. The number of halogens is 3. The molecule has 0 unspecified atom stereocenters. The van der Waals surface area contributed by atoms with E-state index in [1.165, 1.54) is 30.3 Å². The molecule has 130 valence electrons. The van der Waals surface area contributed by atoms with E-state index in [0.29, 0.717) is 17.4 Å². The monoisotopic (exact) mass is 340 g/mol. The van der Waals surface area contributed by atoms with Crippen molar-refractivity contribution in [1.29, 1.82) is 0 Å². The number of carbonyl (C=O) groups is 1. The van der Waals surface area contributed by atoms with Crippen LogP contribution in [0, 0.1) is 11.8 Å². The van der Waals surface area contributed by atoms with Gasteiger partial charge < -0.3 is 15.0 Å². The summed E-state index contributed by atoms with van der Waals surface area (Å²) in [7, 11) is 0. The first-order chi connectivity index (χ1) is 11.4. The molecule has 3 rings (SSSR count). The molecule has 2 aliphatic heterocycles. The predicted molar refractivity (Wildman–Crippen MR) is 83.2 cm³/mol. The standard InChI is InChI=1S/C17H19F3N2O2/c18-17(19,20)24-15-4-1-12(2-5-15)3-6-16(23)22-8-7-13-9-21-10-14(13)11-22/h1-6,13-14,21H,7-11H2/t13-,14+/m0/s1. The highest BCUT2D eigenvalue weighted by Gasteiger charge is 2.34. The van der Waals surface area contributed by atoms with Gasteiger partial charge in [-0.2, -0.15) is 0 Å². The Hall–Kier alpha value is -2.02. The Bertz CT molecular complexity index is 613. The van der Waals surface area contributed by atoms with E-state index < -0.39 is 6.36 Å². The molecule has 4 nitrogen and oxygen atoms in total. The lowest BCUT2D eigenvalue weighted by molar-refractivity contribution is -0.274. The van der Waals surface area contributed by atoms with Crippen LogP contribution < -0.4 is 10.1 Å². The Morgan fingerprint density at radius 3 is 2.62 bits per heavy atom. The molecule has 7 heteroatoms. The molecule has 1 aromatic carbocycles. The first-order valence-electron chi connectivity index (χ1n) is 7.94. The maximum absolute atomic E-state index is 12.3. The van der Waals surface area contributed by atoms with E-state index in [-0.39, 0.29) is 11.7 Å². The number of nitrogens with zero attached hydrogens (tertiary/aromatic N) is 1. The first-order valence-corrected chi connectivity index (χ1v) is 7.94. The highest BCUT2D eigenvalue weighted by atomic mass is 19.4. The van der Waals surface area contributed by atoms with Crippen molar-refractivity contribution in [1.82, 2.24) is 10.2 Å². The lowest BCUT2D eigenvalue weighted by Crippen LogP contribution is -2.42. The molecular formula is C17H19F3N2O2. The number of likely N-dealkylation sites (tertiary alicyclic amines) is 1. The van der Waals surface area contributed by atoms with Gasteiger partial charge in [-0.1, -0.05) is 12.1 Å². The second kappa shape index (κ2) is 6.84. The van der Waals surface area contributed by atoms with Gasteiger partial charge in [0.25, 0.3) is 0 Å². The molecule has 24 heavy (non-hydrogen) atoms. The summed E-state index contributed by atoms with van der Waals surface area (Å²) in [6.45, 7) is 3.51. The summed E-state index contributed by atoms with van der Waals surface area (Å²) in [4.78, 5) is 14.1. The van der Waals surface area contributed by atoms with Gasteiger partial charge in [-0.15, -0.1) is 13.2 Å². The van der Waals surface area contributed by atoms with Crippen LogP contribution in [0.3, 0.4) is 0 Å². The molecule has 0 radical (unpaired) electrons. The molecule has 0 bridgehead atoms. The zero-order valence-electron chi connectivity index (χ0n) is 13.1. The number of hydrogen-bond acceptors (Lipinski definition) is 3. The molecule has 2 fully saturated rings. The Morgan fingerprint density at radius 1 is 1.21 bits per heavy atom. The highest BCUT2D eigenvalue weighted by Crippen LogP contribution is 2.27. The van der Waals surface area contributed by atoms with Crippen LogP contribution in [-0.4, -0.2) is 43.3 Å². The Morgan fingerprint density at radius 2 is 1.92 bits per heavy atom. The largest absolute Gasteiger partial charge is 0.573 e. The average molecular weight is 340 g/mol. The number of fused-ring (bicyclic) bond motifs is 1. The van der Waals surface area contributed by atoms with Gasteiger partial charge in [0.2, 0.25) is 5.91 Å². The number of carbonyl (C=O) groups excluding carboxylic acids is 1. The summed E-state index contributed by atoms with van der Waals surface area (Å²) in [6.07, 6.45) is -0.601. The number of piperidine rings is 1. The third kappa shape index (κ3) is 4.29. The number of alkyl halides is 3. The van der Waals surface area contributed by atoms with Crippen LogP contribution in [0.1, 0.15) is 12.0 Å². The van der Waals surface area contributed by atoms with Crippen molar-refractivity contribution in [3.63, 3.8) is 0 Å². The lowest BCUT2D eigenvalue weighted by Gasteiger charge is -2.33. The van der Waals surface area contributed by atoms with Crippen LogP contribution in [0.15, 0.2) is 30.3 Å². The Kier molecular flexibility index (Phi) is 4.80. The minimum Gasteiger partial charge on any atom is -0.406 e. The van der Waals surface area contributed by atoms with Crippen LogP contribution in [-0.2, 0) is 4.79 Å². The van der Waals surface area contributed by atoms with Gasteiger partial charge in [-0.25, -0.2) is 0 Å². The minimum atomic E-state index is -4.70. The molecule has 1 aromatic rings. The topological polar surface area (TPSA) is 41.6 Å². The van der Waals surface area contributed by atoms with Gasteiger partial charge in [0.05, 0.1) is 0 Å². The third-order valence-electron chi connectivity index (χ3n) is 4.55. The van der Waals surface area contributed by atoms with Gasteiger partial charge in [0, 0.05) is 19.2 Å². The van der Waals surface area contributed by atoms with Crippen molar-refractivity contribution in [2.75, 3.05) is 26.2 Å². The van der Waals surface area contributed by atoms with Crippen molar-refractivity contribution < 1.29 is 22.7 Å². The van der Waals surface area contributed by atoms with Crippen LogP contribution in [0.4, 0.5) is 13.2 Å². The summed E-state index contributed by atoms with van der Waals surface area (Å²) >= 11 is 0. The van der Waals surface area contributed by atoms with Crippen LogP contribution in [0.25, 0.3) is 6.08 Å². The SMILES string of the molecule is O=C(C=Cc1ccc(OC(F)(F)F)cc1)N1CC[C@H]2CNC[C@@H]2C1. The van der Waals surface area contributed by atoms with E-state index in [2.05, 4.69) is 10.1 Å². The first kappa shape index (κ1) is 16.8. The van der Waals surface area contributed by atoms with E-state index in [0.717, 1.165) is 32.6 Å². The number of benzene rings is 1. The number of hydrogen-bond donors (Lipinski definition) is 1. The number of nitrogens with one attached hydrogen (secondary N) is 1. The van der Waals surface area contributed by atoms with Gasteiger partial charge in [-0.05, 0) is 55.1 Å². The van der Waals surface area contributed by atoms with E-state index in [1.807, 2.05) is 4.90 Å². The van der Waals surface area contributed by atoms with Crippen molar-refractivity contribution in [3.8, 4) is 5.75 Å². The molecule has 0 spiro atoms. The normalized spacial score (nSPS) is 24.2. The van der Waals surface area contributed by atoms with Crippen molar-refractivity contribution in [3.05, 3.63) is 35.9 Å². The van der Waals surface area contributed by atoms with Crippen LogP contribution >= 0.6 is 0 Å². The Labute approximate surface area is 138 Å². The quantitative estimate of drug-likeness (QED) is 0.860. The van der Waals surface area contributed by atoms with Gasteiger partial charge in [-0.3, -0.25) is 4.79 Å². The molecule has 1 amide bonds. The summed E-state index contributed by atoms with van der Waals surface area (Å²) in [5, 5.41) is 3.36. The molecule has 2 aliphatic rings. The van der Waals surface area contributed by atoms with E-state index in [1.54, 1.807) is 6.08 Å². The summed E-state index contributed by atoms with van der Waals surface area (Å²) in [5.41, 5.74) is 0.648. The highest BCUT2D eigenvalue weighted by molar-refractivity contribution is 5.91. The molecule has 0 saturated carbocycles. The maximum atomic E-state index is 12.3. The van der Waals surface area contributed by atoms with Crippen LogP contribution in [0.5, 0.6) is 5.75 Å². The van der Waals surface area contributed by atoms with Crippen molar-refractivity contribution >= 4 is 12.0 Å².